The Labute approximate surface area is 232 Å². The lowest BCUT2D eigenvalue weighted by atomic mass is 9.92. The number of nitrogens with zero attached hydrogens (tertiary/aromatic N) is 1. The van der Waals surface area contributed by atoms with Gasteiger partial charge in [0.15, 0.2) is 0 Å². The molecule has 222 valence electrons. The highest BCUT2D eigenvalue weighted by atomic mass is 32.2. The van der Waals surface area contributed by atoms with Crippen LogP contribution in [0.4, 0.5) is 32.0 Å². The van der Waals surface area contributed by atoms with Crippen LogP contribution in [-0.4, -0.2) is 48.0 Å². The van der Waals surface area contributed by atoms with Crippen LogP contribution in [0.15, 0.2) is 59.5 Å². The van der Waals surface area contributed by atoms with Crippen molar-refractivity contribution in [2.75, 3.05) is 24.2 Å². The van der Waals surface area contributed by atoms with E-state index in [1.165, 1.54) is 12.1 Å². The van der Waals surface area contributed by atoms with Crippen molar-refractivity contribution in [3.63, 3.8) is 0 Å². The zero-order valence-electron chi connectivity index (χ0n) is 21.3. The molecule has 1 aliphatic heterocycles. The number of anilines is 1. The van der Waals surface area contributed by atoms with E-state index in [4.69, 9.17) is 5.14 Å². The van der Waals surface area contributed by atoms with E-state index in [1.54, 1.807) is 4.90 Å². The molecule has 3 aromatic rings. The number of hydrogen-bond donors (Lipinski definition) is 1. The first kappa shape index (κ1) is 30.7. The first-order chi connectivity index (χ1) is 19.0. The Morgan fingerprint density at radius 3 is 2.17 bits per heavy atom. The average molecular weight is 623 g/mol. The maximum atomic E-state index is 14.3. The van der Waals surface area contributed by atoms with Crippen molar-refractivity contribution in [1.29, 1.82) is 0 Å². The number of sulfone groups is 1. The van der Waals surface area contributed by atoms with Crippen molar-refractivity contribution >= 4 is 25.5 Å². The van der Waals surface area contributed by atoms with Gasteiger partial charge < -0.3 is 9.64 Å². The molecule has 0 unspecified atom stereocenters. The van der Waals surface area contributed by atoms with Crippen LogP contribution in [0.25, 0.3) is 22.3 Å². The number of rotatable bonds is 7. The van der Waals surface area contributed by atoms with Crippen molar-refractivity contribution < 1.29 is 47.9 Å². The zero-order chi connectivity index (χ0) is 30.3. The number of piperidine rings is 1. The van der Waals surface area contributed by atoms with Gasteiger partial charge in [0.05, 0.1) is 15.7 Å². The van der Waals surface area contributed by atoms with E-state index in [1.807, 2.05) is 0 Å². The molecule has 1 aliphatic rings. The van der Waals surface area contributed by atoms with E-state index in [0.29, 0.717) is 6.07 Å². The first-order valence-electron chi connectivity index (χ1n) is 12.0. The number of alkyl halides is 5. The summed E-state index contributed by atoms with van der Waals surface area (Å²) in [6.07, 6.45) is -3.66. The van der Waals surface area contributed by atoms with E-state index in [0.717, 1.165) is 42.7 Å². The topological polar surface area (TPSA) is 107 Å². The van der Waals surface area contributed by atoms with Crippen LogP contribution in [0.1, 0.15) is 18.4 Å². The van der Waals surface area contributed by atoms with E-state index in [-0.39, 0.29) is 48.3 Å². The minimum atomic E-state index is -5.05. The van der Waals surface area contributed by atoms with Gasteiger partial charge >= 0.3 is 12.8 Å². The molecule has 0 spiro atoms. The van der Waals surface area contributed by atoms with Gasteiger partial charge in [0.25, 0.3) is 0 Å². The van der Waals surface area contributed by atoms with Crippen LogP contribution >= 0.6 is 0 Å². The second-order valence-corrected chi connectivity index (χ2v) is 13.3. The Morgan fingerprint density at radius 1 is 0.951 bits per heavy atom. The van der Waals surface area contributed by atoms with Crippen molar-refractivity contribution in [3.8, 4) is 28.0 Å². The largest absolute Gasteiger partial charge is 0.434 e. The Bertz CT molecular complexity index is 1670. The van der Waals surface area contributed by atoms with Gasteiger partial charge in [0.2, 0.25) is 10.0 Å². The minimum Gasteiger partial charge on any atom is -0.434 e. The van der Waals surface area contributed by atoms with Crippen LogP contribution in [0.2, 0.25) is 0 Å². The second-order valence-electron chi connectivity index (χ2n) is 9.49. The number of nitrogens with two attached hydrogens (primary N) is 1. The molecule has 0 amide bonds. The molecule has 1 heterocycles. The summed E-state index contributed by atoms with van der Waals surface area (Å²) in [4.78, 5) is 0.753. The summed E-state index contributed by atoms with van der Waals surface area (Å²) >= 11 is 0. The third-order valence-corrected chi connectivity index (χ3v) is 9.40. The SMILES string of the molecule is CS(=O)(=O)C1CCN(c2ccc(-c3cc(F)ccc3OC(F)F)cc2-c2c(C(F)(F)F)cccc2S(N)(=O)=O)CC1. The number of primary sulfonamides is 1. The molecule has 15 heteroatoms. The van der Waals surface area contributed by atoms with Crippen molar-refractivity contribution in [2.45, 2.75) is 35.8 Å². The summed E-state index contributed by atoms with van der Waals surface area (Å²) in [5, 5.41) is 4.65. The Balaban J connectivity index is 2.01. The standard InChI is InChI=1S/C26H24F6N2O5S2/c1-40(35,36)17-9-11-34(12-10-17)21-7-5-15(18-14-16(27)6-8-22(18)39-25(28)29)13-19(21)24-20(26(30,31)32)3-2-4-23(24)41(33,37)38/h2-8,13-14,17,25H,9-12H2,1H3,(H2,33,37,38). The number of sulfonamides is 1. The molecule has 7 nitrogen and oxygen atoms in total. The van der Waals surface area contributed by atoms with Crippen LogP contribution in [0.3, 0.4) is 0 Å². The first-order valence-corrected chi connectivity index (χ1v) is 15.5. The Kier molecular flexibility index (Phi) is 8.35. The molecule has 0 saturated carbocycles. The third-order valence-electron chi connectivity index (χ3n) is 6.76. The van der Waals surface area contributed by atoms with E-state index in [2.05, 4.69) is 4.74 Å². The molecular weight excluding hydrogens is 598 g/mol. The van der Waals surface area contributed by atoms with Crippen LogP contribution in [0.5, 0.6) is 5.75 Å². The number of hydrogen-bond acceptors (Lipinski definition) is 6. The van der Waals surface area contributed by atoms with Crippen molar-refractivity contribution in [2.24, 2.45) is 5.14 Å². The summed E-state index contributed by atoms with van der Waals surface area (Å²) in [5.74, 6) is -1.32. The highest BCUT2D eigenvalue weighted by Crippen LogP contribution is 2.46. The summed E-state index contributed by atoms with van der Waals surface area (Å²) in [6.45, 7) is -3.10. The minimum absolute atomic E-state index is 0.0535. The molecule has 0 aliphatic carbocycles. The molecule has 0 atom stereocenters. The maximum Gasteiger partial charge on any atom is 0.417 e. The van der Waals surface area contributed by atoms with Gasteiger partial charge in [-0.2, -0.15) is 22.0 Å². The predicted octanol–water partition coefficient (Wildman–Crippen LogP) is 5.44. The third kappa shape index (κ3) is 6.79. The van der Waals surface area contributed by atoms with Gasteiger partial charge in [-0.05, 0) is 60.9 Å². The predicted molar refractivity (Wildman–Crippen MR) is 140 cm³/mol. The Morgan fingerprint density at radius 2 is 1.61 bits per heavy atom. The van der Waals surface area contributed by atoms with Gasteiger partial charge in [-0.1, -0.05) is 12.1 Å². The lowest BCUT2D eigenvalue weighted by Crippen LogP contribution is -2.39. The molecule has 3 aromatic carbocycles. The van der Waals surface area contributed by atoms with Gasteiger partial charge in [0, 0.05) is 41.7 Å². The van der Waals surface area contributed by atoms with Crippen LogP contribution in [0, 0.1) is 5.82 Å². The van der Waals surface area contributed by atoms with Gasteiger partial charge in [-0.3, -0.25) is 0 Å². The lowest BCUT2D eigenvalue weighted by Gasteiger charge is -2.35. The summed E-state index contributed by atoms with van der Waals surface area (Å²) < 4.78 is 137. The fourth-order valence-electron chi connectivity index (χ4n) is 4.91. The number of benzene rings is 3. The molecule has 2 N–H and O–H groups in total. The lowest BCUT2D eigenvalue weighted by molar-refractivity contribution is -0.137. The maximum absolute atomic E-state index is 14.3. The van der Waals surface area contributed by atoms with Gasteiger partial charge in [0.1, 0.15) is 21.4 Å². The Hall–Kier alpha value is -3.30. The highest BCUT2D eigenvalue weighted by Gasteiger charge is 2.38. The molecule has 41 heavy (non-hydrogen) atoms. The normalized spacial score (nSPS) is 15.4. The summed E-state index contributed by atoms with van der Waals surface area (Å²) in [5.41, 5.74) is -2.59. The van der Waals surface area contributed by atoms with Gasteiger partial charge in [-0.25, -0.2) is 26.4 Å². The van der Waals surface area contributed by atoms with E-state index < -0.39 is 65.5 Å². The molecule has 0 bridgehead atoms. The molecule has 1 saturated heterocycles. The molecule has 4 rings (SSSR count). The molecule has 0 aromatic heterocycles. The molecule has 1 fully saturated rings. The van der Waals surface area contributed by atoms with Crippen LogP contribution in [-0.2, 0) is 26.0 Å². The number of halogens is 6. The fourth-order valence-corrected chi connectivity index (χ4v) is 6.75. The summed E-state index contributed by atoms with van der Waals surface area (Å²) in [6, 6.07) is 8.89. The fraction of sp³-hybridized carbons (Fsp3) is 0.308. The monoisotopic (exact) mass is 622 g/mol. The van der Waals surface area contributed by atoms with Crippen LogP contribution < -0.4 is 14.8 Å². The smallest absolute Gasteiger partial charge is 0.417 e. The highest BCUT2D eigenvalue weighted by molar-refractivity contribution is 7.91. The van der Waals surface area contributed by atoms with E-state index in [9.17, 15) is 43.2 Å². The molecular formula is C26H24F6N2O5S2. The van der Waals surface area contributed by atoms with Crippen molar-refractivity contribution in [1.82, 2.24) is 0 Å². The van der Waals surface area contributed by atoms with Crippen molar-refractivity contribution in [3.05, 3.63) is 66.0 Å². The summed E-state index contributed by atoms with van der Waals surface area (Å²) in [7, 11) is -8.12. The van der Waals surface area contributed by atoms with Gasteiger partial charge in [-0.15, -0.1) is 0 Å². The van der Waals surface area contributed by atoms with E-state index >= 15 is 0 Å². The molecule has 0 radical (unpaired) electrons. The number of ether oxygens (including phenoxy) is 1. The average Bonchev–Trinajstić information content (AvgIpc) is 2.87. The quantitative estimate of drug-likeness (QED) is 0.352. The zero-order valence-corrected chi connectivity index (χ0v) is 23.0. The second kappa shape index (κ2) is 11.2.